The third-order valence-corrected chi connectivity index (χ3v) is 6.47. The smallest absolute Gasteiger partial charge is 0.252 e. The first-order valence-corrected chi connectivity index (χ1v) is 11.0. The number of rotatable bonds is 5. The fourth-order valence-electron chi connectivity index (χ4n) is 4.02. The molecule has 152 valence electrons. The summed E-state index contributed by atoms with van der Waals surface area (Å²) in [6.07, 6.45) is 6.10. The Bertz CT molecular complexity index is 1000. The van der Waals surface area contributed by atoms with Gasteiger partial charge in [-0.25, -0.2) is 9.97 Å². The van der Waals surface area contributed by atoms with Gasteiger partial charge in [-0.15, -0.1) is 11.3 Å². The van der Waals surface area contributed by atoms with Gasteiger partial charge < -0.3 is 9.84 Å². The number of hydrogen-bond donors (Lipinski definition) is 1. The van der Waals surface area contributed by atoms with Gasteiger partial charge in [-0.05, 0) is 58.4 Å². The van der Waals surface area contributed by atoms with E-state index in [1.165, 1.54) is 0 Å². The summed E-state index contributed by atoms with van der Waals surface area (Å²) in [7, 11) is 0. The van der Waals surface area contributed by atoms with Crippen molar-refractivity contribution in [1.82, 2.24) is 20.4 Å². The summed E-state index contributed by atoms with van der Waals surface area (Å²) >= 11 is 1.61. The summed E-state index contributed by atoms with van der Waals surface area (Å²) in [6, 6.07) is 3.88. The maximum absolute atomic E-state index is 12.3. The van der Waals surface area contributed by atoms with Crippen LogP contribution < -0.4 is 5.32 Å². The van der Waals surface area contributed by atoms with Crippen molar-refractivity contribution in [2.45, 2.75) is 52.4 Å². The Kier molecular flexibility index (Phi) is 5.76. The lowest BCUT2D eigenvalue weighted by atomic mass is 9.79. The van der Waals surface area contributed by atoms with E-state index in [1.807, 2.05) is 44.5 Å². The number of carbonyl (C=O) groups is 1. The van der Waals surface area contributed by atoms with Crippen LogP contribution in [0.3, 0.4) is 0 Å². The van der Waals surface area contributed by atoms with Gasteiger partial charge in [0.15, 0.2) is 5.76 Å². The number of thiophene rings is 1. The standard InChI is InChI=1S/C22H26N4O2S/c1-13-8-20(28-26-13)19-11-23-15(3)25-21(19)17-6-4-16(5-7-17)10-24-22(27)18-9-14(2)29-12-18/h8-9,11-12,16-17H,4-7,10H2,1-3H3,(H,24,27). The molecule has 4 rings (SSSR count). The van der Waals surface area contributed by atoms with E-state index in [0.29, 0.717) is 11.8 Å². The molecule has 3 aromatic heterocycles. The molecule has 1 amide bonds. The van der Waals surface area contributed by atoms with E-state index in [2.05, 4.69) is 15.5 Å². The van der Waals surface area contributed by atoms with E-state index in [1.54, 1.807) is 11.3 Å². The molecule has 6 nitrogen and oxygen atoms in total. The predicted octanol–water partition coefficient (Wildman–Crippen LogP) is 4.82. The van der Waals surface area contributed by atoms with Gasteiger partial charge >= 0.3 is 0 Å². The Morgan fingerprint density at radius 1 is 1.21 bits per heavy atom. The number of nitrogens with one attached hydrogen (secondary N) is 1. The molecule has 0 spiro atoms. The van der Waals surface area contributed by atoms with Gasteiger partial charge in [0, 0.05) is 35.0 Å². The van der Waals surface area contributed by atoms with Crippen LogP contribution in [0.2, 0.25) is 0 Å². The number of hydrogen-bond acceptors (Lipinski definition) is 6. The fraction of sp³-hybridized carbons (Fsp3) is 0.455. The Labute approximate surface area is 174 Å². The van der Waals surface area contributed by atoms with Crippen LogP contribution in [0.1, 0.15) is 64.0 Å². The van der Waals surface area contributed by atoms with Crippen LogP contribution in [-0.4, -0.2) is 27.6 Å². The topological polar surface area (TPSA) is 80.9 Å². The summed E-state index contributed by atoms with van der Waals surface area (Å²) in [5.74, 6) is 2.43. The fourth-order valence-corrected chi connectivity index (χ4v) is 4.70. The average molecular weight is 411 g/mol. The third-order valence-electron chi connectivity index (χ3n) is 5.61. The zero-order chi connectivity index (χ0) is 20.4. The lowest BCUT2D eigenvalue weighted by Gasteiger charge is -2.29. The van der Waals surface area contributed by atoms with Gasteiger partial charge in [0.1, 0.15) is 5.82 Å². The number of amides is 1. The molecule has 7 heteroatoms. The summed E-state index contributed by atoms with van der Waals surface area (Å²) in [4.78, 5) is 22.6. The minimum absolute atomic E-state index is 0.0332. The normalized spacial score (nSPS) is 19.3. The Balaban J connectivity index is 1.38. The van der Waals surface area contributed by atoms with Gasteiger partial charge in [-0.2, -0.15) is 0 Å². The highest BCUT2D eigenvalue weighted by molar-refractivity contribution is 7.10. The molecule has 0 aliphatic heterocycles. The molecule has 3 heterocycles. The lowest BCUT2D eigenvalue weighted by Crippen LogP contribution is -2.31. The van der Waals surface area contributed by atoms with E-state index >= 15 is 0 Å². The van der Waals surface area contributed by atoms with E-state index < -0.39 is 0 Å². The monoisotopic (exact) mass is 410 g/mol. The van der Waals surface area contributed by atoms with Gasteiger partial charge in [0.2, 0.25) is 0 Å². The molecule has 0 saturated heterocycles. The zero-order valence-corrected chi connectivity index (χ0v) is 17.9. The number of carbonyl (C=O) groups excluding carboxylic acids is 1. The molecule has 0 unspecified atom stereocenters. The maximum atomic E-state index is 12.3. The molecule has 0 aromatic carbocycles. The van der Waals surface area contributed by atoms with Gasteiger partial charge in [-0.3, -0.25) is 4.79 Å². The summed E-state index contributed by atoms with van der Waals surface area (Å²) in [5.41, 5.74) is 3.63. The van der Waals surface area contributed by atoms with Crippen LogP contribution in [-0.2, 0) is 0 Å². The van der Waals surface area contributed by atoms with E-state index in [9.17, 15) is 4.79 Å². The van der Waals surface area contributed by atoms with Crippen LogP contribution in [0.5, 0.6) is 0 Å². The quantitative estimate of drug-likeness (QED) is 0.652. The second-order valence-electron chi connectivity index (χ2n) is 7.92. The molecule has 1 aliphatic rings. The SMILES string of the molecule is Cc1cc(-c2cnc(C)nc2C2CCC(CNC(=O)c3csc(C)c3)CC2)on1. The highest BCUT2D eigenvalue weighted by Crippen LogP contribution is 2.38. The van der Waals surface area contributed by atoms with Crippen LogP contribution in [0, 0.1) is 26.7 Å². The number of aromatic nitrogens is 3. The van der Waals surface area contributed by atoms with E-state index in [4.69, 9.17) is 9.51 Å². The Morgan fingerprint density at radius 2 is 2.00 bits per heavy atom. The minimum atomic E-state index is 0.0332. The van der Waals surface area contributed by atoms with E-state index in [-0.39, 0.29) is 5.91 Å². The van der Waals surface area contributed by atoms with Crippen molar-refractivity contribution in [3.05, 3.63) is 51.4 Å². The minimum Gasteiger partial charge on any atom is -0.356 e. The molecule has 1 N–H and O–H groups in total. The van der Waals surface area contributed by atoms with Gasteiger partial charge in [0.25, 0.3) is 5.91 Å². The van der Waals surface area contributed by atoms with Gasteiger partial charge in [0.05, 0.1) is 22.5 Å². The molecule has 0 atom stereocenters. The van der Waals surface area contributed by atoms with E-state index in [0.717, 1.165) is 71.2 Å². The molecule has 1 saturated carbocycles. The highest BCUT2D eigenvalue weighted by Gasteiger charge is 2.27. The van der Waals surface area contributed by atoms with Crippen LogP contribution in [0.15, 0.2) is 28.2 Å². The Morgan fingerprint density at radius 3 is 2.66 bits per heavy atom. The first-order chi connectivity index (χ1) is 14.0. The van der Waals surface area contributed by atoms with Crippen LogP contribution in [0.4, 0.5) is 0 Å². The molecule has 1 fully saturated rings. The zero-order valence-electron chi connectivity index (χ0n) is 17.1. The molecular weight excluding hydrogens is 384 g/mol. The van der Waals surface area contributed by atoms with Gasteiger partial charge in [-0.1, -0.05) is 5.16 Å². The number of aryl methyl sites for hydroxylation is 3. The third kappa shape index (κ3) is 4.56. The van der Waals surface area contributed by atoms with Crippen molar-refractivity contribution in [2.75, 3.05) is 6.54 Å². The molecule has 29 heavy (non-hydrogen) atoms. The van der Waals surface area contributed by atoms with Crippen LogP contribution >= 0.6 is 11.3 Å². The first kappa shape index (κ1) is 19.8. The second-order valence-corrected chi connectivity index (χ2v) is 9.04. The molecule has 3 aromatic rings. The highest BCUT2D eigenvalue weighted by atomic mass is 32.1. The van der Waals surface area contributed by atoms with Crippen molar-refractivity contribution in [3.8, 4) is 11.3 Å². The largest absolute Gasteiger partial charge is 0.356 e. The van der Waals surface area contributed by atoms with Crippen molar-refractivity contribution in [1.29, 1.82) is 0 Å². The summed E-state index contributed by atoms with van der Waals surface area (Å²) in [5, 5.41) is 9.04. The van der Waals surface area contributed by atoms with Crippen LogP contribution in [0.25, 0.3) is 11.3 Å². The lowest BCUT2D eigenvalue weighted by molar-refractivity contribution is 0.0943. The van der Waals surface area contributed by atoms with Crippen molar-refractivity contribution in [2.24, 2.45) is 5.92 Å². The average Bonchev–Trinajstić information content (AvgIpc) is 3.35. The van der Waals surface area contributed by atoms with Crippen molar-refractivity contribution in [3.63, 3.8) is 0 Å². The van der Waals surface area contributed by atoms with Crippen molar-refractivity contribution < 1.29 is 9.32 Å². The first-order valence-electron chi connectivity index (χ1n) is 10.1. The summed E-state index contributed by atoms with van der Waals surface area (Å²) in [6.45, 7) is 6.59. The molecule has 0 radical (unpaired) electrons. The summed E-state index contributed by atoms with van der Waals surface area (Å²) < 4.78 is 5.47. The predicted molar refractivity (Wildman–Crippen MR) is 113 cm³/mol. The molecule has 1 aliphatic carbocycles. The number of nitrogens with zero attached hydrogens (tertiary/aromatic N) is 3. The molecule has 0 bridgehead atoms. The van der Waals surface area contributed by atoms with Crippen molar-refractivity contribution >= 4 is 17.2 Å². The second kappa shape index (κ2) is 8.45. The maximum Gasteiger partial charge on any atom is 0.252 e. The molecular formula is C22H26N4O2S. The Hall–Kier alpha value is -2.54.